The fourth-order valence-electron chi connectivity index (χ4n) is 1.61. The first-order chi connectivity index (χ1) is 9.71. The minimum atomic E-state index is -0.406. The molecule has 0 aliphatic heterocycles. The van der Waals surface area contributed by atoms with E-state index in [2.05, 4.69) is 0 Å². The Labute approximate surface area is 119 Å². The lowest BCUT2D eigenvalue weighted by Crippen LogP contribution is -2.25. The number of hydrogen-bond acceptors (Lipinski definition) is 5. The molecule has 0 aliphatic carbocycles. The average molecular weight is 282 g/mol. The Morgan fingerprint density at radius 1 is 1.10 bits per heavy atom. The van der Waals surface area contributed by atoms with E-state index in [0.29, 0.717) is 31.1 Å². The lowest BCUT2D eigenvalue weighted by atomic mass is 10.2. The van der Waals surface area contributed by atoms with Crippen LogP contribution in [0.3, 0.4) is 0 Å². The summed E-state index contributed by atoms with van der Waals surface area (Å²) in [7, 11) is 0. The number of esters is 1. The van der Waals surface area contributed by atoms with Crippen molar-refractivity contribution in [3.05, 3.63) is 29.8 Å². The van der Waals surface area contributed by atoms with Crippen molar-refractivity contribution in [3.8, 4) is 5.75 Å². The van der Waals surface area contributed by atoms with Gasteiger partial charge in [-0.25, -0.2) is 4.79 Å². The number of hydrogen-bond donors (Lipinski definition) is 0. The first kappa shape index (κ1) is 16.5. The van der Waals surface area contributed by atoms with Gasteiger partial charge in [-0.2, -0.15) is 0 Å². The van der Waals surface area contributed by atoms with Crippen LogP contribution >= 0.6 is 0 Å². The van der Waals surface area contributed by atoms with E-state index in [1.54, 1.807) is 31.2 Å². The van der Waals surface area contributed by atoms with E-state index in [9.17, 15) is 4.79 Å². The van der Waals surface area contributed by atoms with Crippen LogP contribution in [0.25, 0.3) is 0 Å². The normalized spacial score (nSPS) is 10.6. The van der Waals surface area contributed by atoms with Crippen LogP contribution in [0, 0.1) is 0 Å². The van der Waals surface area contributed by atoms with E-state index in [1.165, 1.54) is 0 Å². The van der Waals surface area contributed by atoms with Crippen LogP contribution in [-0.2, 0) is 14.2 Å². The molecule has 0 spiro atoms. The fraction of sp³-hybridized carbons (Fsp3) is 0.533. The Bertz CT molecular complexity index is 399. The fourth-order valence-corrected chi connectivity index (χ4v) is 1.61. The number of benzene rings is 1. The van der Waals surface area contributed by atoms with Crippen LogP contribution in [0.1, 0.15) is 31.1 Å². The Morgan fingerprint density at radius 2 is 1.80 bits per heavy atom. The van der Waals surface area contributed by atoms with Crippen LogP contribution in [0.5, 0.6) is 5.75 Å². The highest BCUT2D eigenvalue weighted by molar-refractivity contribution is 5.89. The molecule has 0 fully saturated rings. The second-order valence-electron chi connectivity index (χ2n) is 3.90. The van der Waals surface area contributed by atoms with Gasteiger partial charge in [0.1, 0.15) is 12.4 Å². The second-order valence-corrected chi connectivity index (χ2v) is 3.90. The smallest absolute Gasteiger partial charge is 0.338 e. The lowest BCUT2D eigenvalue weighted by molar-refractivity contribution is -0.152. The van der Waals surface area contributed by atoms with E-state index in [0.717, 1.165) is 0 Å². The standard InChI is InChI=1S/C15H22O5/c1-4-17-14(18-5-2)11-20-13-9-7-8-12(10-13)15(16)19-6-3/h7-10,14H,4-6,11H2,1-3H3. The third-order valence-electron chi connectivity index (χ3n) is 2.44. The molecular formula is C15H22O5. The summed E-state index contributed by atoms with van der Waals surface area (Å²) in [6.07, 6.45) is -0.406. The summed E-state index contributed by atoms with van der Waals surface area (Å²) in [6.45, 7) is 7.29. The number of carbonyl (C=O) groups excluding carboxylic acids is 1. The molecule has 0 amide bonds. The van der Waals surface area contributed by atoms with Crippen molar-refractivity contribution in [1.82, 2.24) is 0 Å². The van der Waals surface area contributed by atoms with Crippen molar-refractivity contribution in [2.75, 3.05) is 26.4 Å². The molecule has 0 heterocycles. The quantitative estimate of drug-likeness (QED) is 0.515. The molecule has 0 saturated carbocycles. The molecule has 112 valence electrons. The van der Waals surface area contributed by atoms with E-state index in [-0.39, 0.29) is 12.6 Å². The van der Waals surface area contributed by atoms with Gasteiger partial charge in [0.25, 0.3) is 0 Å². The van der Waals surface area contributed by atoms with Crippen molar-refractivity contribution >= 4 is 5.97 Å². The first-order valence-corrected chi connectivity index (χ1v) is 6.84. The maximum Gasteiger partial charge on any atom is 0.338 e. The summed E-state index contributed by atoms with van der Waals surface area (Å²) in [5, 5.41) is 0. The zero-order valence-corrected chi connectivity index (χ0v) is 12.3. The average Bonchev–Trinajstić information content (AvgIpc) is 2.46. The topological polar surface area (TPSA) is 54.0 Å². The first-order valence-electron chi connectivity index (χ1n) is 6.84. The van der Waals surface area contributed by atoms with Gasteiger partial charge in [0.2, 0.25) is 0 Å². The molecule has 1 aromatic rings. The number of carbonyl (C=O) groups is 1. The highest BCUT2D eigenvalue weighted by atomic mass is 16.7. The highest BCUT2D eigenvalue weighted by Crippen LogP contribution is 2.15. The van der Waals surface area contributed by atoms with E-state index in [1.807, 2.05) is 13.8 Å². The van der Waals surface area contributed by atoms with E-state index in [4.69, 9.17) is 18.9 Å². The second kappa shape index (κ2) is 9.34. The summed E-state index contributed by atoms with van der Waals surface area (Å²) < 4.78 is 21.3. The van der Waals surface area contributed by atoms with Crippen molar-refractivity contribution < 1.29 is 23.7 Å². The largest absolute Gasteiger partial charge is 0.488 e. The van der Waals surface area contributed by atoms with E-state index < -0.39 is 6.29 Å². The molecule has 1 aromatic carbocycles. The predicted molar refractivity (Wildman–Crippen MR) is 74.9 cm³/mol. The summed E-state index contributed by atoms with van der Waals surface area (Å²) in [5.41, 5.74) is 0.466. The minimum absolute atomic E-state index is 0.272. The summed E-state index contributed by atoms with van der Waals surface area (Å²) in [5.74, 6) is 0.226. The maximum atomic E-state index is 11.6. The summed E-state index contributed by atoms with van der Waals surface area (Å²) in [6, 6.07) is 6.86. The van der Waals surface area contributed by atoms with E-state index >= 15 is 0 Å². The van der Waals surface area contributed by atoms with Gasteiger partial charge in [-0.1, -0.05) is 6.07 Å². The van der Waals surface area contributed by atoms with Crippen LogP contribution < -0.4 is 4.74 Å². The molecule has 0 unspecified atom stereocenters. The number of ether oxygens (including phenoxy) is 4. The third-order valence-corrected chi connectivity index (χ3v) is 2.44. The third kappa shape index (κ3) is 5.59. The molecule has 5 heteroatoms. The Morgan fingerprint density at radius 3 is 2.40 bits per heavy atom. The van der Waals surface area contributed by atoms with Crippen LogP contribution in [0.15, 0.2) is 24.3 Å². The van der Waals surface area contributed by atoms with Crippen molar-refractivity contribution in [1.29, 1.82) is 0 Å². The van der Waals surface area contributed by atoms with Crippen molar-refractivity contribution in [2.24, 2.45) is 0 Å². The van der Waals surface area contributed by atoms with Crippen molar-refractivity contribution in [3.63, 3.8) is 0 Å². The molecular weight excluding hydrogens is 260 g/mol. The summed E-state index contributed by atoms with van der Waals surface area (Å²) >= 11 is 0. The molecule has 1 rings (SSSR count). The Hall–Kier alpha value is -1.59. The minimum Gasteiger partial charge on any atom is -0.488 e. The van der Waals surface area contributed by atoms with Gasteiger partial charge >= 0.3 is 5.97 Å². The summed E-state index contributed by atoms with van der Waals surface area (Å²) in [4.78, 5) is 11.6. The molecule has 5 nitrogen and oxygen atoms in total. The van der Waals surface area contributed by atoms with Gasteiger partial charge in [-0.15, -0.1) is 0 Å². The van der Waals surface area contributed by atoms with Gasteiger partial charge in [-0.05, 0) is 39.0 Å². The van der Waals surface area contributed by atoms with Crippen LogP contribution in [0.4, 0.5) is 0 Å². The van der Waals surface area contributed by atoms with Crippen LogP contribution in [-0.4, -0.2) is 38.7 Å². The molecule has 0 aliphatic rings. The number of rotatable bonds is 9. The molecule has 0 aromatic heterocycles. The Kier molecular flexibility index (Phi) is 7.69. The zero-order valence-electron chi connectivity index (χ0n) is 12.3. The maximum absolute atomic E-state index is 11.6. The van der Waals surface area contributed by atoms with Gasteiger partial charge in [0.05, 0.1) is 12.2 Å². The SMILES string of the molecule is CCOC(=O)c1cccc(OCC(OCC)OCC)c1. The molecule has 0 atom stereocenters. The Balaban J connectivity index is 2.58. The zero-order chi connectivity index (χ0) is 14.8. The molecule has 0 bridgehead atoms. The molecule has 0 radical (unpaired) electrons. The monoisotopic (exact) mass is 282 g/mol. The highest BCUT2D eigenvalue weighted by Gasteiger charge is 2.11. The lowest BCUT2D eigenvalue weighted by Gasteiger charge is -2.17. The van der Waals surface area contributed by atoms with Crippen molar-refractivity contribution in [2.45, 2.75) is 27.1 Å². The van der Waals surface area contributed by atoms with Crippen LogP contribution in [0.2, 0.25) is 0 Å². The molecule has 0 saturated heterocycles. The van der Waals surface area contributed by atoms with Gasteiger partial charge in [0, 0.05) is 13.2 Å². The van der Waals surface area contributed by atoms with Gasteiger partial charge < -0.3 is 18.9 Å². The molecule has 0 N–H and O–H groups in total. The molecule has 20 heavy (non-hydrogen) atoms. The predicted octanol–water partition coefficient (Wildman–Crippen LogP) is 2.64. The van der Waals surface area contributed by atoms with Gasteiger partial charge in [-0.3, -0.25) is 0 Å². The van der Waals surface area contributed by atoms with Gasteiger partial charge in [0.15, 0.2) is 6.29 Å².